The Hall–Kier alpha value is -1.26. The van der Waals surface area contributed by atoms with Gasteiger partial charge in [-0.1, -0.05) is 36.2 Å². The zero-order valence-corrected chi connectivity index (χ0v) is 13.1. The largest absolute Gasteiger partial charge is 0.453 e. The molecule has 0 bridgehead atoms. The SMILES string of the molecule is CCC(=O)O[C@H](C)C(=O)N[C@@H](C)c1ccc(Cl)cc1Cl. The first-order valence-electron chi connectivity index (χ1n) is 6.30. The second-order valence-corrected chi connectivity index (χ2v) is 5.23. The predicted molar refractivity (Wildman–Crippen MR) is 78.9 cm³/mol. The van der Waals surface area contributed by atoms with Gasteiger partial charge in [0.15, 0.2) is 6.10 Å². The Labute approximate surface area is 128 Å². The van der Waals surface area contributed by atoms with Gasteiger partial charge in [-0.15, -0.1) is 0 Å². The highest BCUT2D eigenvalue weighted by atomic mass is 35.5. The van der Waals surface area contributed by atoms with E-state index in [4.69, 9.17) is 27.9 Å². The summed E-state index contributed by atoms with van der Waals surface area (Å²) in [6, 6.07) is 4.75. The number of hydrogen-bond acceptors (Lipinski definition) is 3. The maximum atomic E-state index is 11.9. The molecule has 0 aromatic heterocycles. The lowest BCUT2D eigenvalue weighted by Gasteiger charge is -2.19. The van der Waals surface area contributed by atoms with Crippen LogP contribution in [0.5, 0.6) is 0 Å². The molecule has 0 fully saturated rings. The molecule has 0 radical (unpaired) electrons. The molecule has 0 saturated carbocycles. The van der Waals surface area contributed by atoms with E-state index in [1.54, 1.807) is 32.0 Å². The van der Waals surface area contributed by atoms with Gasteiger partial charge in [-0.25, -0.2) is 0 Å². The lowest BCUT2D eigenvalue weighted by molar-refractivity contribution is -0.154. The molecule has 1 aromatic rings. The van der Waals surface area contributed by atoms with Crippen LogP contribution in [-0.4, -0.2) is 18.0 Å². The van der Waals surface area contributed by atoms with E-state index in [1.807, 2.05) is 0 Å². The maximum Gasteiger partial charge on any atom is 0.306 e. The summed E-state index contributed by atoms with van der Waals surface area (Å²) in [5.74, 6) is -0.782. The summed E-state index contributed by atoms with van der Waals surface area (Å²) in [7, 11) is 0. The van der Waals surface area contributed by atoms with Crippen LogP contribution in [0.15, 0.2) is 18.2 Å². The number of carbonyl (C=O) groups is 2. The van der Waals surface area contributed by atoms with Crippen molar-refractivity contribution in [1.82, 2.24) is 5.32 Å². The molecule has 1 amide bonds. The highest BCUT2D eigenvalue weighted by Gasteiger charge is 2.20. The number of hydrogen-bond donors (Lipinski definition) is 1. The summed E-state index contributed by atoms with van der Waals surface area (Å²) in [6.45, 7) is 4.99. The lowest BCUT2D eigenvalue weighted by atomic mass is 10.1. The first-order chi connectivity index (χ1) is 9.35. The van der Waals surface area contributed by atoms with Gasteiger partial charge in [0.25, 0.3) is 5.91 Å². The molecule has 20 heavy (non-hydrogen) atoms. The topological polar surface area (TPSA) is 55.4 Å². The van der Waals surface area contributed by atoms with Crippen LogP contribution in [0, 0.1) is 0 Å². The van der Waals surface area contributed by atoms with E-state index in [0.717, 1.165) is 5.56 Å². The molecule has 6 heteroatoms. The summed E-state index contributed by atoms with van der Waals surface area (Å²) >= 11 is 11.9. The molecule has 1 rings (SSSR count). The molecule has 4 nitrogen and oxygen atoms in total. The predicted octanol–water partition coefficient (Wildman–Crippen LogP) is 3.51. The number of carbonyl (C=O) groups excluding carboxylic acids is 2. The average Bonchev–Trinajstić information content (AvgIpc) is 2.37. The van der Waals surface area contributed by atoms with Gasteiger partial charge in [0.05, 0.1) is 6.04 Å². The fourth-order valence-corrected chi connectivity index (χ4v) is 2.17. The number of nitrogens with one attached hydrogen (secondary N) is 1. The van der Waals surface area contributed by atoms with Crippen LogP contribution in [0.1, 0.15) is 38.8 Å². The minimum atomic E-state index is -0.837. The fourth-order valence-electron chi connectivity index (χ4n) is 1.60. The normalized spacial score (nSPS) is 13.4. The molecule has 0 spiro atoms. The van der Waals surface area contributed by atoms with Crippen molar-refractivity contribution in [2.45, 2.75) is 39.3 Å². The van der Waals surface area contributed by atoms with Crippen molar-refractivity contribution in [1.29, 1.82) is 0 Å². The van der Waals surface area contributed by atoms with Gasteiger partial charge in [0.2, 0.25) is 0 Å². The standard InChI is InChI=1S/C14H17Cl2NO3/c1-4-13(18)20-9(3)14(19)17-8(2)11-6-5-10(15)7-12(11)16/h5-9H,4H2,1-3H3,(H,17,19)/t8-,9+/m0/s1. The number of halogens is 2. The molecule has 2 atom stereocenters. The van der Waals surface area contributed by atoms with Crippen LogP contribution in [-0.2, 0) is 14.3 Å². The average molecular weight is 318 g/mol. The Morgan fingerprint density at radius 3 is 2.50 bits per heavy atom. The number of esters is 1. The van der Waals surface area contributed by atoms with E-state index in [-0.39, 0.29) is 18.4 Å². The Morgan fingerprint density at radius 1 is 1.30 bits per heavy atom. The van der Waals surface area contributed by atoms with Crippen molar-refractivity contribution in [2.24, 2.45) is 0 Å². The van der Waals surface area contributed by atoms with Gasteiger partial charge in [-0.2, -0.15) is 0 Å². The fraction of sp³-hybridized carbons (Fsp3) is 0.429. The van der Waals surface area contributed by atoms with Gasteiger partial charge in [-0.05, 0) is 31.5 Å². The molecular weight excluding hydrogens is 301 g/mol. The first kappa shape index (κ1) is 16.8. The van der Waals surface area contributed by atoms with E-state index >= 15 is 0 Å². The number of amides is 1. The van der Waals surface area contributed by atoms with Crippen LogP contribution >= 0.6 is 23.2 Å². The maximum absolute atomic E-state index is 11.9. The summed E-state index contributed by atoms with van der Waals surface area (Å²) in [5.41, 5.74) is 0.749. The molecule has 1 aromatic carbocycles. The third kappa shape index (κ3) is 4.69. The Bertz CT molecular complexity index is 505. The van der Waals surface area contributed by atoms with Crippen molar-refractivity contribution in [3.8, 4) is 0 Å². The Kier molecular flexibility index (Phi) is 6.30. The summed E-state index contributed by atoms with van der Waals surface area (Å²) in [5, 5.41) is 3.75. The third-order valence-corrected chi connectivity index (χ3v) is 3.32. The summed E-state index contributed by atoms with van der Waals surface area (Å²) in [6.07, 6.45) is -0.605. The van der Waals surface area contributed by atoms with E-state index in [9.17, 15) is 9.59 Å². The molecule has 110 valence electrons. The smallest absolute Gasteiger partial charge is 0.306 e. The molecule has 1 N–H and O–H groups in total. The quantitative estimate of drug-likeness (QED) is 0.845. The van der Waals surface area contributed by atoms with Gasteiger partial charge in [0, 0.05) is 16.5 Å². The van der Waals surface area contributed by atoms with Crippen molar-refractivity contribution in [2.75, 3.05) is 0 Å². The van der Waals surface area contributed by atoms with Crippen LogP contribution in [0.2, 0.25) is 10.0 Å². The first-order valence-corrected chi connectivity index (χ1v) is 7.05. The zero-order chi connectivity index (χ0) is 15.3. The number of benzene rings is 1. The monoisotopic (exact) mass is 317 g/mol. The molecule has 0 heterocycles. The van der Waals surface area contributed by atoms with Crippen molar-refractivity contribution < 1.29 is 14.3 Å². The van der Waals surface area contributed by atoms with E-state index in [1.165, 1.54) is 6.92 Å². The van der Waals surface area contributed by atoms with Gasteiger partial charge >= 0.3 is 5.97 Å². The van der Waals surface area contributed by atoms with Crippen LogP contribution < -0.4 is 5.32 Å². The van der Waals surface area contributed by atoms with Crippen LogP contribution in [0.4, 0.5) is 0 Å². The van der Waals surface area contributed by atoms with Gasteiger partial charge in [-0.3, -0.25) is 9.59 Å². The summed E-state index contributed by atoms with van der Waals surface area (Å²) in [4.78, 5) is 23.0. The molecule has 0 aliphatic heterocycles. The molecule has 0 unspecified atom stereocenters. The van der Waals surface area contributed by atoms with Crippen molar-refractivity contribution >= 4 is 35.1 Å². The Morgan fingerprint density at radius 2 is 1.95 bits per heavy atom. The number of ether oxygens (including phenoxy) is 1. The minimum Gasteiger partial charge on any atom is -0.453 e. The zero-order valence-electron chi connectivity index (χ0n) is 11.6. The highest BCUT2D eigenvalue weighted by molar-refractivity contribution is 6.35. The second kappa shape index (κ2) is 7.50. The van der Waals surface area contributed by atoms with E-state index in [0.29, 0.717) is 10.0 Å². The van der Waals surface area contributed by atoms with Crippen LogP contribution in [0.25, 0.3) is 0 Å². The second-order valence-electron chi connectivity index (χ2n) is 4.38. The molecular formula is C14H17Cl2NO3. The highest BCUT2D eigenvalue weighted by Crippen LogP contribution is 2.26. The van der Waals surface area contributed by atoms with E-state index in [2.05, 4.69) is 5.32 Å². The van der Waals surface area contributed by atoms with Gasteiger partial charge in [0.1, 0.15) is 0 Å². The minimum absolute atomic E-state index is 0.232. The van der Waals surface area contributed by atoms with E-state index < -0.39 is 12.1 Å². The molecule has 0 aliphatic carbocycles. The lowest BCUT2D eigenvalue weighted by Crippen LogP contribution is -2.37. The molecule has 0 saturated heterocycles. The van der Waals surface area contributed by atoms with Crippen LogP contribution in [0.3, 0.4) is 0 Å². The summed E-state index contributed by atoms with van der Waals surface area (Å²) < 4.78 is 4.94. The number of rotatable bonds is 5. The van der Waals surface area contributed by atoms with Gasteiger partial charge < -0.3 is 10.1 Å². The molecule has 0 aliphatic rings. The Balaban J connectivity index is 2.67. The third-order valence-electron chi connectivity index (χ3n) is 2.75. The van der Waals surface area contributed by atoms with Crippen molar-refractivity contribution in [3.05, 3.63) is 33.8 Å². The van der Waals surface area contributed by atoms with Crippen molar-refractivity contribution in [3.63, 3.8) is 0 Å².